The third-order valence-corrected chi connectivity index (χ3v) is 2.26. The summed E-state index contributed by atoms with van der Waals surface area (Å²) in [6.45, 7) is 1.95. The molecule has 0 aromatic heterocycles. The lowest BCUT2D eigenvalue weighted by Gasteiger charge is -2.13. The zero-order valence-corrected chi connectivity index (χ0v) is 9.51. The summed E-state index contributed by atoms with van der Waals surface area (Å²) in [4.78, 5) is 0. The van der Waals surface area contributed by atoms with Crippen molar-refractivity contribution in [3.8, 4) is 11.8 Å². The number of nitrogens with one attached hydrogen (secondary N) is 1. The van der Waals surface area contributed by atoms with Crippen LogP contribution in [0.25, 0.3) is 0 Å². The Bertz CT molecular complexity index is 373. The molecular formula is C11H13ClN2O. The average Bonchev–Trinajstić information content (AvgIpc) is 2.18. The Morgan fingerprint density at radius 1 is 1.60 bits per heavy atom. The molecule has 0 amide bonds. The topological polar surface area (TPSA) is 45.0 Å². The summed E-state index contributed by atoms with van der Waals surface area (Å²) < 4.78 is 5.04. The molecule has 15 heavy (non-hydrogen) atoms. The van der Waals surface area contributed by atoms with Crippen molar-refractivity contribution in [2.24, 2.45) is 0 Å². The van der Waals surface area contributed by atoms with E-state index in [1.54, 1.807) is 19.2 Å². The van der Waals surface area contributed by atoms with Crippen LogP contribution in [0.2, 0.25) is 5.02 Å². The molecule has 1 aromatic rings. The third kappa shape index (κ3) is 3.34. The van der Waals surface area contributed by atoms with E-state index in [1.807, 2.05) is 13.0 Å². The van der Waals surface area contributed by atoms with E-state index in [1.165, 1.54) is 0 Å². The van der Waals surface area contributed by atoms with E-state index >= 15 is 0 Å². The lowest BCUT2D eigenvalue weighted by Crippen LogP contribution is -2.13. The minimum Gasteiger partial charge on any atom is -0.495 e. The Labute approximate surface area is 94.6 Å². The van der Waals surface area contributed by atoms with E-state index < -0.39 is 0 Å². The Kier molecular flexibility index (Phi) is 4.26. The third-order valence-electron chi connectivity index (χ3n) is 1.96. The first-order chi connectivity index (χ1) is 7.17. The SMILES string of the molecule is COc1ccc(NC(C)CC#N)cc1Cl. The van der Waals surface area contributed by atoms with Gasteiger partial charge in [-0.1, -0.05) is 11.6 Å². The molecule has 1 aromatic carbocycles. The van der Waals surface area contributed by atoms with Crippen LogP contribution in [0.5, 0.6) is 5.75 Å². The minimum atomic E-state index is 0.111. The highest BCUT2D eigenvalue weighted by atomic mass is 35.5. The maximum absolute atomic E-state index is 8.52. The Hall–Kier alpha value is -1.40. The van der Waals surface area contributed by atoms with Crippen LogP contribution in [-0.4, -0.2) is 13.2 Å². The van der Waals surface area contributed by atoms with Gasteiger partial charge >= 0.3 is 0 Å². The van der Waals surface area contributed by atoms with Crippen LogP contribution in [-0.2, 0) is 0 Å². The number of halogens is 1. The number of rotatable bonds is 4. The molecule has 0 heterocycles. The number of methoxy groups -OCH3 is 1. The van der Waals surface area contributed by atoms with E-state index in [9.17, 15) is 0 Å². The molecule has 1 unspecified atom stereocenters. The molecule has 80 valence electrons. The van der Waals surface area contributed by atoms with Crippen molar-refractivity contribution in [2.45, 2.75) is 19.4 Å². The van der Waals surface area contributed by atoms with Gasteiger partial charge in [0.2, 0.25) is 0 Å². The molecule has 1 rings (SSSR count). The molecule has 0 aliphatic heterocycles. The number of anilines is 1. The van der Waals surface area contributed by atoms with E-state index in [0.717, 1.165) is 5.69 Å². The van der Waals surface area contributed by atoms with Crippen LogP contribution in [0.15, 0.2) is 18.2 Å². The molecule has 4 heteroatoms. The van der Waals surface area contributed by atoms with Crippen molar-refractivity contribution < 1.29 is 4.74 Å². The highest BCUT2D eigenvalue weighted by Gasteiger charge is 2.04. The van der Waals surface area contributed by atoms with Crippen LogP contribution >= 0.6 is 11.6 Å². The number of nitriles is 1. The van der Waals surface area contributed by atoms with Gasteiger partial charge in [-0.15, -0.1) is 0 Å². The average molecular weight is 225 g/mol. The molecular weight excluding hydrogens is 212 g/mol. The first-order valence-electron chi connectivity index (χ1n) is 4.64. The van der Waals surface area contributed by atoms with Gasteiger partial charge in [-0.05, 0) is 25.1 Å². The van der Waals surface area contributed by atoms with Gasteiger partial charge in [-0.2, -0.15) is 5.26 Å². The van der Waals surface area contributed by atoms with Gasteiger partial charge in [0.25, 0.3) is 0 Å². The van der Waals surface area contributed by atoms with Crippen LogP contribution in [0.4, 0.5) is 5.69 Å². The van der Waals surface area contributed by atoms with Crippen LogP contribution in [0, 0.1) is 11.3 Å². The zero-order chi connectivity index (χ0) is 11.3. The molecule has 0 saturated heterocycles. The second kappa shape index (κ2) is 5.47. The fourth-order valence-corrected chi connectivity index (χ4v) is 1.49. The molecule has 0 aliphatic carbocycles. The van der Waals surface area contributed by atoms with E-state index in [-0.39, 0.29) is 6.04 Å². The lowest BCUT2D eigenvalue weighted by molar-refractivity contribution is 0.415. The smallest absolute Gasteiger partial charge is 0.137 e. The monoisotopic (exact) mass is 224 g/mol. The first-order valence-corrected chi connectivity index (χ1v) is 5.02. The second-order valence-corrected chi connectivity index (χ2v) is 3.66. The largest absolute Gasteiger partial charge is 0.495 e. The summed E-state index contributed by atoms with van der Waals surface area (Å²) >= 11 is 5.96. The standard InChI is InChI=1S/C11H13ClN2O/c1-8(5-6-13)14-9-3-4-11(15-2)10(12)7-9/h3-4,7-8,14H,5H2,1-2H3. The molecule has 0 fully saturated rings. The molecule has 0 spiro atoms. The summed E-state index contributed by atoms with van der Waals surface area (Å²) in [7, 11) is 1.58. The van der Waals surface area contributed by atoms with Crippen LogP contribution < -0.4 is 10.1 Å². The molecule has 0 aliphatic rings. The maximum atomic E-state index is 8.52. The highest BCUT2D eigenvalue weighted by molar-refractivity contribution is 6.32. The van der Waals surface area contributed by atoms with E-state index in [4.69, 9.17) is 21.6 Å². The fraction of sp³-hybridized carbons (Fsp3) is 0.364. The molecule has 0 bridgehead atoms. The molecule has 3 nitrogen and oxygen atoms in total. The molecule has 1 N–H and O–H groups in total. The number of hydrogen-bond acceptors (Lipinski definition) is 3. The first kappa shape index (κ1) is 11.7. The number of benzene rings is 1. The van der Waals surface area contributed by atoms with Crippen molar-refractivity contribution in [1.29, 1.82) is 5.26 Å². The molecule has 0 radical (unpaired) electrons. The number of ether oxygens (including phenoxy) is 1. The summed E-state index contributed by atoms with van der Waals surface area (Å²) in [5, 5.41) is 12.2. The summed E-state index contributed by atoms with van der Waals surface area (Å²) in [6, 6.07) is 7.67. The lowest BCUT2D eigenvalue weighted by atomic mass is 10.2. The Morgan fingerprint density at radius 3 is 2.87 bits per heavy atom. The second-order valence-electron chi connectivity index (χ2n) is 3.26. The number of hydrogen-bond donors (Lipinski definition) is 1. The zero-order valence-electron chi connectivity index (χ0n) is 8.75. The molecule has 0 saturated carbocycles. The predicted octanol–water partition coefficient (Wildman–Crippen LogP) is 3.06. The van der Waals surface area contributed by atoms with E-state index in [0.29, 0.717) is 17.2 Å². The van der Waals surface area contributed by atoms with Gasteiger partial charge < -0.3 is 10.1 Å². The maximum Gasteiger partial charge on any atom is 0.137 e. The Balaban J connectivity index is 2.72. The van der Waals surface area contributed by atoms with Gasteiger partial charge in [0.15, 0.2) is 0 Å². The van der Waals surface area contributed by atoms with Gasteiger partial charge in [0.05, 0.1) is 24.6 Å². The van der Waals surface area contributed by atoms with Crippen LogP contribution in [0.3, 0.4) is 0 Å². The van der Waals surface area contributed by atoms with Crippen molar-refractivity contribution >= 4 is 17.3 Å². The fourth-order valence-electron chi connectivity index (χ4n) is 1.23. The van der Waals surface area contributed by atoms with Gasteiger partial charge in [0, 0.05) is 11.7 Å². The quantitative estimate of drug-likeness (QED) is 0.855. The molecule has 1 atom stereocenters. The highest BCUT2D eigenvalue weighted by Crippen LogP contribution is 2.27. The summed E-state index contributed by atoms with van der Waals surface area (Å²) in [5.41, 5.74) is 0.892. The van der Waals surface area contributed by atoms with Gasteiger partial charge in [0.1, 0.15) is 5.75 Å². The van der Waals surface area contributed by atoms with Crippen LogP contribution in [0.1, 0.15) is 13.3 Å². The van der Waals surface area contributed by atoms with Gasteiger partial charge in [-0.3, -0.25) is 0 Å². The minimum absolute atomic E-state index is 0.111. The van der Waals surface area contributed by atoms with Crippen molar-refractivity contribution in [2.75, 3.05) is 12.4 Å². The van der Waals surface area contributed by atoms with E-state index in [2.05, 4.69) is 11.4 Å². The Morgan fingerprint density at radius 2 is 2.33 bits per heavy atom. The normalized spacial score (nSPS) is 11.6. The summed E-state index contributed by atoms with van der Waals surface area (Å²) in [6.07, 6.45) is 0.462. The predicted molar refractivity (Wildman–Crippen MR) is 61.3 cm³/mol. The number of nitrogens with zero attached hydrogens (tertiary/aromatic N) is 1. The summed E-state index contributed by atoms with van der Waals surface area (Å²) in [5.74, 6) is 0.648. The van der Waals surface area contributed by atoms with Gasteiger partial charge in [-0.25, -0.2) is 0 Å². The van der Waals surface area contributed by atoms with Crippen molar-refractivity contribution in [3.05, 3.63) is 23.2 Å². The van der Waals surface area contributed by atoms with Crippen molar-refractivity contribution in [1.82, 2.24) is 0 Å². The van der Waals surface area contributed by atoms with Crippen molar-refractivity contribution in [3.63, 3.8) is 0 Å².